The Balaban J connectivity index is 1.70. The van der Waals surface area contributed by atoms with Crippen molar-refractivity contribution >= 4 is 10.9 Å². The highest BCUT2D eigenvalue weighted by Gasteiger charge is 2.30. The van der Waals surface area contributed by atoms with E-state index >= 15 is 0 Å². The summed E-state index contributed by atoms with van der Waals surface area (Å²) in [4.78, 5) is 29.5. The number of halogens is 3. The van der Waals surface area contributed by atoms with E-state index in [1.165, 1.54) is 18.2 Å². The third-order valence-electron chi connectivity index (χ3n) is 6.23. The number of fused-ring (bicyclic) bond motifs is 1. The molecule has 0 bridgehead atoms. The van der Waals surface area contributed by atoms with E-state index < -0.39 is 23.4 Å². The second-order valence-electron chi connectivity index (χ2n) is 8.48. The third-order valence-corrected chi connectivity index (χ3v) is 6.23. The van der Waals surface area contributed by atoms with Crippen molar-refractivity contribution in [1.29, 1.82) is 0 Å². The lowest BCUT2D eigenvalue weighted by Gasteiger charge is -2.26. The number of aliphatic hydroxyl groups excluding tert-OH is 1. The van der Waals surface area contributed by atoms with Crippen molar-refractivity contribution in [1.82, 2.24) is 19.9 Å². The Kier molecular flexibility index (Phi) is 5.65. The maximum Gasteiger partial charge on any atom is 0.416 e. The van der Waals surface area contributed by atoms with Gasteiger partial charge in [0.1, 0.15) is 11.3 Å². The molecular weight excluding hydrogens is 445 g/mol. The molecule has 1 saturated carbocycles. The normalized spacial score (nSPS) is 18.8. The van der Waals surface area contributed by atoms with Crippen LogP contribution >= 0.6 is 0 Å². The zero-order valence-electron chi connectivity index (χ0n) is 18.0. The van der Waals surface area contributed by atoms with Gasteiger partial charge in [0.15, 0.2) is 0 Å². The summed E-state index contributed by atoms with van der Waals surface area (Å²) in [6.45, 7) is 0. The van der Waals surface area contributed by atoms with Gasteiger partial charge in [-0.15, -0.1) is 0 Å². The van der Waals surface area contributed by atoms with E-state index in [0.29, 0.717) is 40.3 Å². The van der Waals surface area contributed by atoms with Crippen molar-refractivity contribution in [3.05, 3.63) is 76.6 Å². The smallest absolute Gasteiger partial charge is 0.392 e. The minimum atomic E-state index is -4.45. The minimum Gasteiger partial charge on any atom is -0.392 e. The van der Waals surface area contributed by atoms with Crippen LogP contribution in [0.4, 0.5) is 13.2 Å². The first-order valence-corrected chi connectivity index (χ1v) is 11.0. The van der Waals surface area contributed by atoms with Gasteiger partial charge >= 0.3 is 6.18 Å². The van der Waals surface area contributed by atoms with Crippen LogP contribution in [0.5, 0.6) is 0 Å². The molecule has 1 aliphatic carbocycles. The molecule has 34 heavy (non-hydrogen) atoms. The van der Waals surface area contributed by atoms with Crippen molar-refractivity contribution in [2.24, 2.45) is 0 Å². The monoisotopic (exact) mass is 466 g/mol. The van der Waals surface area contributed by atoms with Crippen molar-refractivity contribution in [2.75, 3.05) is 0 Å². The number of benzene rings is 1. The fourth-order valence-corrected chi connectivity index (χ4v) is 4.44. The Labute approximate surface area is 192 Å². The number of hydrogen-bond donors (Lipinski definition) is 2. The number of nitrogens with one attached hydrogen (secondary N) is 1. The second-order valence-corrected chi connectivity index (χ2v) is 8.48. The molecule has 174 valence electrons. The standard InChI is InChI=1S/C25H21F3N4O2/c26-25(27,28)16-9-7-14(8-10-16)19-12-18-22(21(30-19)15-4-3-11-29-13-15)31-23(32-24(18)34)17-5-1-2-6-20(17)33/h3-4,7-13,17,20,33H,1-2,5-6H2,(H,31,32,34)/t17-,20-/m0/s1. The van der Waals surface area contributed by atoms with Crippen molar-refractivity contribution < 1.29 is 18.3 Å². The lowest BCUT2D eigenvalue weighted by molar-refractivity contribution is -0.137. The first-order chi connectivity index (χ1) is 16.3. The van der Waals surface area contributed by atoms with Crippen LogP contribution in [0, 0.1) is 0 Å². The van der Waals surface area contributed by atoms with E-state index in [-0.39, 0.29) is 11.3 Å². The zero-order chi connectivity index (χ0) is 23.9. The molecule has 0 spiro atoms. The zero-order valence-corrected chi connectivity index (χ0v) is 18.0. The van der Waals surface area contributed by atoms with Crippen molar-refractivity contribution in [2.45, 2.75) is 43.9 Å². The predicted octanol–water partition coefficient (Wildman–Crippen LogP) is 5.08. The highest BCUT2D eigenvalue weighted by Crippen LogP contribution is 2.34. The average molecular weight is 466 g/mol. The lowest BCUT2D eigenvalue weighted by atomic mass is 9.86. The molecule has 3 heterocycles. The number of aromatic amines is 1. The van der Waals surface area contributed by atoms with Gasteiger partial charge in [0.2, 0.25) is 0 Å². The Morgan fingerprint density at radius 3 is 2.44 bits per heavy atom. The van der Waals surface area contributed by atoms with Gasteiger partial charge in [-0.2, -0.15) is 13.2 Å². The predicted molar refractivity (Wildman–Crippen MR) is 121 cm³/mol. The fraction of sp³-hybridized carbons (Fsp3) is 0.280. The number of pyridine rings is 2. The second kappa shape index (κ2) is 8.64. The summed E-state index contributed by atoms with van der Waals surface area (Å²) < 4.78 is 39.0. The van der Waals surface area contributed by atoms with Gasteiger partial charge in [0.05, 0.1) is 28.4 Å². The van der Waals surface area contributed by atoms with E-state index in [2.05, 4.69) is 15.0 Å². The van der Waals surface area contributed by atoms with Gasteiger partial charge in [-0.05, 0) is 43.2 Å². The third kappa shape index (κ3) is 4.19. The molecule has 1 aromatic carbocycles. The summed E-state index contributed by atoms with van der Waals surface area (Å²) in [5, 5.41) is 10.7. The number of nitrogens with zero attached hydrogens (tertiary/aromatic N) is 3. The highest BCUT2D eigenvalue weighted by molar-refractivity contribution is 5.93. The van der Waals surface area contributed by atoms with Crippen LogP contribution in [0.1, 0.15) is 43.0 Å². The van der Waals surface area contributed by atoms with Crippen LogP contribution < -0.4 is 5.56 Å². The van der Waals surface area contributed by atoms with Crippen molar-refractivity contribution in [3.8, 4) is 22.5 Å². The maximum absolute atomic E-state index is 13.1. The number of alkyl halides is 3. The number of aromatic nitrogens is 4. The minimum absolute atomic E-state index is 0.262. The average Bonchev–Trinajstić information content (AvgIpc) is 2.84. The Morgan fingerprint density at radius 1 is 1.00 bits per heavy atom. The quantitative estimate of drug-likeness (QED) is 0.439. The van der Waals surface area contributed by atoms with E-state index in [0.717, 1.165) is 31.4 Å². The summed E-state index contributed by atoms with van der Waals surface area (Å²) in [6, 6.07) is 9.68. The Morgan fingerprint density at radius 2 is 1.76 bits per heavy atom. The van der Waals surface area contributed by atoms with Crippen LogP contribution in [0.3, 0.4) is 0 Å². The molecule has 4 aromatic rings. The molecule has 0 radical (unpaired) electrons. The molecule has 3 aromatic heterocycles. The fourth-order valence-electron chi connectivity index (χ4n) is 4.44. The van der Waals surface area contributed by atoms with Gasteiger partial charge in [-0.3, -0.25) is 9.78 Å². The van der Waals surface area contributed by atoms with E-state index in [1.807, 2.05) is 0 Å². The number of rotatable bonds is 3. The van der Waals surface area contributed by atoms with Crippen LogP contribution in [-0.4, -0.2) is 31.1 Å². The maximum atomic E-state index is 13.1. The Hall–Kier alpha value is -3.59. The molecule has 0 unspecified atom stereocenters. The summed E-state index contributed by atoms with van der Waals surface area (Å²) >= 11 is 0. The van der Waals surface area contributed by atoms with Crippen LogP contribution in [0.25, 0.3) is 33.4 Å². The molecular formula is C25H21F3N4O2. The molecule has 1 fully saturated rings. The van der Waals surface area contributed by atoms with Gasteiger partial charge in [-0.1, -0.05) is 25.0 Å². The molecule has 0 aliphatic heterocycles. The van der Waals surface area contributed by atoms with Crippen LogP contribution in [-0.2, 0) is 6.18 Å². The number of hydrogen-bond acceptors (Lipinski definition) is 5. The largest absolute Gasteiger partial charge is 0.416 e. The first-order valence-electron chi connectivity index (χ1n) is 11.0. The summed E-state index contributed by atoms with van der Waals surface area (Å²) in [5.41, 5.74) is 1.01. The topological polar surface area (TPSA) is 91.8 Å². The molecule has 0 saturated heterocycles. The molecule has 1 aliphatic rings. The summed E-state index contributed by atoms with van der Waals surface area (Å²) in [7, 11) is 0. The summed E-state index contributed by atoms with van der Waals surface area (Å²) in [5.74, 6) is 0.140. The van der Waals surface area contributed by atoms with Gasteiger partial charge < -0.3 is 10.1 Å². The van der Waals surface area contributed by atoms with E-state index in [9.17, 15) is 23.1 Å². The molecule has 6 nitrogen and oxygen atoms in total. The SMILES string of the molecule is O=c1[nH]c([C@H]2CCCC[C@@H]2O)nc2c(-c3cccnc3)nc(-c3ccc(C(F)(F)F)cc3)cc12. The van der Waals surface area contributed by atoms with E-state index in [4.69, 9.17) is 4.98 Å². The van der Waals surface area contributed by atoms with Crippen LogP contribution in [0.15, 0.2) is 59.7 Å². The molecule has 5 rings (SSSR count). The number of aliphatic hydroxyl groups is 1. The van der Waals surface area contributed by atoms with Crippen molar-refractivity contribution in [3.63, 3.8) is 0 Å². The van der Waals surface area contributed by atoms with Crippen LogP contribution in [0.2, 0.25) is 0 Å². The molecule has 9 heteroatoms. The summed E-state index contributed by atoms with van der Waals surface area (Å²) in [6.07, 6.45) is 1.39. The van der Waals surface area contributed by atoms with Gasteiger partial charge in [-0.25, -0.2) is 9.97 Å². The number of H-pyrrole nitrogens is 1. The Bertz CT molecular complexity index is 1390. The molecule has 2 atom stereocenters. The molecule has 2 N–H and O–H groups in total. The highest BCUT2D eigenvalue weighted by atomic mass is 19.4. The molecule has 0 amide bonds. The first kappa shape index (κ1) is 22.2. The van der Waals surface area contributed by atoms with E-state index in [1.54, 1.807) is 24.5 Å². The van der Waals surface area contributed by atoms with Gasteiger partial charge in [0.25, 0.3) is 5.56 Å². The van der Waals surface area contributed by atoms with Gasteiger partial charge in [0, 0.05) is 29.4 Å². The lowest BCUT2D eigenvalue weighted by Crippen LogP contribution is -2.26.